The van der Waals surface area contributed by atoms with Crippen molar-refractivity contribution in [2.24, 2.45) is 5.10 Å². The SMILES string of the molecule is Cc1ccc(S(=O)(=O)N(CC(=O)N/N=C\c2cc(C)n(-c3ccc(Cl)cc3)c2C)c2ccc(Br)cc2)cc1. The summed E-state index contributed by atoms with van der Waals surface area (Å²) < 4.78 is 30.9. The summed E-state index contributed by atoms with van der Waals surface area (Å²) in [6, 6.07) is 22.7. The Labute approximate surface area is 235 Å². The number of carbonyl (C=O) groups excluding carboxylic acids is 1. The number of benzene rings is 3. The van der Waals surface area contributed by atoms with Crippen LogP contribution in [0.1, 0.15) is 22.5 Å². The number of aromatic nitrogens is 1. The first-order valence-electron chi connectivity index (χ1n) is 11.7. The minimum atomic E-state index is -4.01. The second-order valence-electron chi connectivity index (χ2n) is 8.73. The van der Waals surface area contributed by atoms with Crippen molar-refractivity contribution in [3.05, 3.63) is 111 Å². The normalized spacial score (nSPS) is 11.6. The molecule has 38 heavy (non-hydrogen) atoms. The van der Waals surface area contributed by atoms with E-state index >= 15 is 0 Å². The molecule has 0 atom stereocenters. The van der Waals surface area contributed by atoms with Gasteiger partial charge in [0.05, 0.1) is 16.8 Å². The number of nitrogens with zero attached hydrogens (tertiary/aromatic N) is 3. The maximum absolute atomic E-state index is 13.5. The van der Waals surface area contributed by atoms with Crippen molar-refractivity contribution in [3.8, 4) is 5.69 Å². The Bertz CT molecular complexity index is 1580. The van der Waals surface area contributed by atoms with Crippen molar-refractivity contribution >= 4 is 55.4 Å². The van der Waals surface area contributed by atoms with Crippen LogP contribution in [-0.2, 0) is 14.8 Å². The molecule has 0 saturated carbocycles. The number of sulfonamides is 1. The number of rotatable bonds is 8. The van der Waals surface area contributed by atoms with Gasteiger partial charge < -0.3 is 4.57 Å². The maximum Gasteiger partial charge on any atom is 0.264 e. The van der Waals surface area contributed by atoms with Gasteiger partial charge in [0.1, 0.15) is 6.54 Å². The van der Waals surface area contributed by atoms with Crippen LogP contribution in [0.2, 0.25) is 5.02 Å². The minimum absolute atomic E-state index is 0.0944. The zero-order chi connectivity index (χ0) is 27.4. The van der Waals surface area contributed by atoms with Gasteiger partial charge in [0.15, 0.2) is 0 Å². The largest absolute Gasteiger partial charge is 0.318 e. The molecule has 0 aliphatic heterocycles. The van der Waals surface area contributed by atoms with Gasteiger partial charge in [-0.1, -0.05) is 45.2 Å². The highest BCUT2D eigenvalue weighted by Crippen LogP contribution is 2.26. The summed E-state index contributed by atoms with van der Waals surface area (Å²) in [4.78, 5) is 13.0. The fourth-order valence-corrected chi connectivity index (χ4v) is 5.82. The number of aryl methyl sites for hydroxylation is 2. The van der Waals surface area contributed by atoms with E-state index in [1.807, 2.05) is 51.1 Å². The van der Waals surface area contributed by atoms with Crippen molar-refractivity contribution in [2.75, 3.05) is 10.8 Å². The molecule has 0 aliphatic carbocycles. The lowest BCUT2D eigenvalue weighted by molar-refractivity contribution is -0.119. The topological polar surface area (TPSA) is 83.8 Å². The van der Waals surface area contributed by atoms with Gasteiger partial charge in [-0.2, -0.15) is 5.10 Å². The van der Waals surface area contributed by atoms with Crippen molar-refractivity contribution in [1.82, 2.24) is 9.99 Å². The Balaban J connectivity index is 1.54. The average molecular weight is 614 g/mol. The summed E-state index contributed by atoms with van der Waals surface area (Å²) in [7, 11) is -4.01. The van der Waals surface area contributed by atoms with Gasteiger partial charge >= 0.3 is 0 Å². The zero-order valence-corrected chi connectivity index (χ0v) is 24.2. The molecule has 4 aromatic rings. The van der Waals surface area contributed by atoms with E-state index in [1.54, 1.807) is 42.6 Å². The molecule has 0 unspecified atom stereocenters. The smallest absolute Gasteiger partial charge is 0.264 e. The predicted molar refractivity (Wildman–Crippen MR) is 156 cm³/mol. The lowest BCUT2D eigenvalue weighted by Crippen LogP contribution is -2.39. The lowest BCUT2D eigenvalue weighted by atomic mass is 10.2. The van der Waals surface area contributed by atoms with E-state index in [1.165, 1.54) is 12.1 Å². The number of hydrogen-bond donors (Lipinski definition) is 1. The van der Waals surface area contributed by atoms with Crippen molar-refractivity contribution < 1.29 is 13.2 Å². The first-order valence-corrected chi connectivity index (χ1v) is 14.3. The van der Waals surface area contributed by atoms with Crippen LogP contribution < -0.4 is 9.73 Å². The zero-order valence-electron chi connectivity index (χ0n) is 21.0. The highest BCUT2D eigenvalue weighted by molar-refractivity contribution is 9.10. The fourth-order valence-electron chi connectivity index (χ4n) is 4.01. The summed E-state index contributed by atoms with van der Waals surface area (Å²) in [5.74, 6) is -0.577. The summed E-state index contributed by atoms with van der Waals surface area (Å²) in [5, 5.41) is 4.76. The number of amides is 1. The van der Waals surface area contributed by atoms with Gasteiger partial charge in [-0.3, -0.25) is 9.10 Å². The van der Waals surface area contributed by atoms with E-state index in [4.69, 9.17) is 11.6 Å². The molecule has 4 rings (SSSR count). The third-order valence-electron chi connectivity index (χ3n) is 5.96. The van der Waals surface area contributed by atoms with Crippen LogP contribution in [0.25, 0.3) is 5.69 Å². The molecule has 0 spiro atoms. The van der Waals surface area contributed by atoms with Gasteiger partial charge in [-0.25, -0.2) is 13.8 Å². The van der Waals surface area contributed by atoms with E-state index in [0.717, 1.165) is 37.0 Å². The first kappa shape index (κ1) is 27.6. The van der Waals surface area contributed by atoms with Crippen LogP contribution in [0.3, 0.4) is 0 Å². The van der Waals surface area contributed by atoms with Gasteiger partial charge in [0.25, 0.3) is 15.9 Å². The molecule has 10 heteroatoms. The van der Waals surface area contributed by atoms with E-state index in [-0.39, 0.29) is 4.90 Å². The van der Waals surface area contributed by atoms with Gasteiger partial charge in [0.2, 0.25) is 0 Å². The number of nitrogens with one attached hydrogen (secondary N) is 1. The summed E-state index contributed by atoms with van der Waals surface area (Å²) >= 11 is 9.38. The molecule has 1 aromatic heterocycles. The number of anilines is 1. The van der Waals surface area contributed by atoms with Crippen molar-refractivity contribution in [2.45, 2.75) is 25.7 Å². The Kier molecular flexibility index (Phi) is 8.40. The molecule has 0 aliphatic rings. The molecular formula is C28H26BrClN4O3S. The molecule has 1 amide bonds. The standard InChI is InChI=1S/C28H26BrClN4O3S/c1-19-4-14-27(15-5-19)38(36,37)33(25-10-6-23(29)7-11-25)18-28(35)32-31-17-22-16-20(2)34(21(22)3)26-12-8-24(30)9-13-26/h4-17H,18H2,1-3H3,(H,32,35)/b31-17-. The van der Waals surface area contributed by atoms with Crippen molar-refractivity contribution in [3.63, 3.8) is 0 Å². The summed E-state index contributed by atoms with van der Waals surface area (Å²) in [6.45, 7) is 5.36. The molecule has 3 aromatic carbocycles. The van der Waals surface area contributed by atoms with Crippen LogP contribution in [0, 0.1) is 20.8 Å². The van der Waals surface area contributed by atoms with E-state index < -0.39 is 22.5 Å². The second-order valence-corrected chi connectivity index (χ2v) is 11.9. The molecule has 196 valence electrons. The molecule has 0 fully saturated rings. The number of carbonyl (C=O) groups is 1. The van der Waals surface area contributed by atoms with Gasteiger partial charge in [-0.05, 0) is 87.5 Å². The molecule has 1 heterocycles. The minimum Gasteiger partial charge on any atom is -0.318 e. The molecule has 0 radical (unpaired) electrons. The molecule has 7 nitrogen and oxygen atoms in total. The fraction of sp³-hybridized carbons (Fsp3) is 0.143. The summed E-state index contributed by atoms with van der Waals surface area (Å²) in [5.41, 5.74) is 7.45. The first-order chi connectivity index (χ1) is 18.1. The van der Waals surface area contributed by atoms with Gasteiger partial charge in [-0.15, -0.1) is 0 Å². The van der Waals surface area contributed by atoms with E-state index in [9.17, 15) is 13.2 Å². The second kappa shape index (κ2) is 11.6. The monoisotopic (exact) mass is 612 g/mol. The third kappa shape index (κ3) is 6.18. The van der Waals surface area contributed by atoms with Crippen molar-refractivity contribution in [1.29, 1.82) is 0 Å². The van der Waals surface area contributed by atoms with Crippen LogP contribution in [0.15, 0.2) is 93.3 Å². The average Bonchev–Trinajstić information content (AvgIpc) is 3.16. The molecule has 0 bridgehead atoms. The number of halogens is 2. The number of hydrogen-bond acceptors (Lipinski definition) is 4. The predicted octanol–water partition coefficient (Wildman–Crippen LogP) is 6.16. The molecule has 0 saturated heterocycles. The van der Waals surface area contributed by atoms with Crippen LogP contribution in [0.4, 0.5) is 5.69 Å². The molecule has 1 N–H and O–H groups in total. The Morgan fingerprint density at radius 3 is 2.26 bits per heavy atom. The van der Waals surface area contributed by atoms with Crippen LogP contribution in [-0.4, -0.2) is 31.7 Å². The quantitative estimate of drug-likeness (QED) is 0.191. The molecular weight excluding hydrogens is 588 g/mol. The Hall–Kier alpha value is -3.40. The van der Waals surface area contributed by atoms with Crippen LogP contribution in [0.5, 0.6) is 0 Å². The maximum atomic E-state index is 13.5. The van der Waals surface area contributed by atoms with E-state index in [0.29, 0.717) is 10.7 Å². The Morgan fingerprint density at radius 1 is 1.00 bits per heavy atom. The third-order valence-corrected chi connectivity index (χ3v) is 8.53. The Morgan fingerprint density at radius 2 is 1.63 bits per heavy atom. The number of hydrazone groups is 1. The van der Waals surface area contributed by atoms with E-state index in [2.05, 4.69) is 31.0 Å². The van der Waals surface area contributed by atoms with Gasteiger partial charge in [0, 0.05) is 32.1 Å². The van der Waals surface area contributed by atoms with Crippen LogP contribution >= 0.6 is 27.5 Å². The summed E-state index contributed by atoms with van der Waals surface area (Å²) in [6.07, 6.45) is 1.55. The lowest BCUT2D eigenvalue weighted by Gasteiger charge is -2.23. The highest BCUT2D eigenvalue weighted by Gasteiger charge is 2.27. The highest BCUT2D eigenvalue weighted by atomic mass is 79.9.